The molecule has 8 heteroatoms. The van der Waals surface area contributed by atoms with E-state index in [4.69, 9.17) is 0 Å². The molecular formula is C24H26N6O2. The van der Waals surface area contributed by atoms with Crippen molar-refractivity contribution in [1.29, 1.82) is 0 Å². The van der Waals surface area contributed by atoms with Crippen molar-refractivity contribution in [2.45, 2.75) is 6.54 Å². The van der Waals surface area contributed by atoms with Crippen molar-refractivity contribution in [3.63, 3.8) is 0 Å². The van der Waals surface area contributed by atoms with E-state index < -0.39 is 0 Å². The number of pyridine rings is 2. The number of aromatic nitrogens is 3. The minimum atomic E-state index is -0.175. The minimum absolute atomic E-state index is 0.0464. The first-order valence-electron chi connectivity index (χ1n) is 10.8. The molecule has 1 aliphatic rings. The molecule has 0 bridgehead atoms. The lowest BCUT2D eigenvalue weighted by molar-refractivity contribution is 0.0958. The summed E-state index contributed by atoms with van der Waals surface area (Å²) in [6, 6.07) is 11.9. The van der Waals surface area contributed by atoms with E-state index in [-0.39, 0.29) is 11.5 Å². The van der Waals surface area contributed by atoms with Crippen LogP contribution in [-0.2, 0) is 13.6 Å². The Morgan fingerprint density at radius 1 is 1.09 bits per heavy atom. The highest BCUT2D eigenvalue weighted by Gasteiger charge is 2.18. The molecule has 164 valence electrons. The summed E-state index contributed by atoms with van der Waals surface area (Å²) in [5.74, 6) is -0.175. The van der Waals surface area contributed by atoms with E-state index >= 15 is 0 Å². The molecule has 1 fully saturated rings. The quantitative estimate of drug-likeness (QED) is 0.518. The summed E-state index contributed by atoms with van der Waals surface area (Å²) < 4.78 is 2.00. The van der Waals surface area contributed by atoms with Gasteiger partial charge in [0.1, 0.15) is 5.69 Å². The Bertz CT molecular complexity index is 1350. The Hall–Kier alpha value is -3.65. The van der Waals surface area contributed by atoms with Crippen LogP contribution in [-0.4, -0.2) is 58.6 Å². The fraction of sp³-hybridized carbons (Fsp3) is 0.292. The van der Waals surface area contributed by atoms with Gasteiger partial charge in [-0.15, -0.1) is 0 Å². The smallest absolute Gasteiger partial charge is 0.269 e. The molecule has 1 aromatic carbocycles. The maximum Gasteiger partial charge on any atom is 0.269 e. The number of rotatable bonds is 4. The van der Waals surface area contributed by atoms with Gasteiger partial charge in [0.05, 0.1) is 28.3 Å². The van der Waals surface area contributed by atoms with Crippen LogP contribution in [0.5, 0.6) is 0 Å². The molecule has 0 radical (unpaired) electrons. The lowest BCUT2D eigenvalue weighted by Crippen LogP contribution is -2.46. The van der Waals surface area contributed by atoms with Gasteiger partial charge in [0, 0.05) is 58.4 Å². The van der Waals surface area contributed by atoms with Crippen LogP contribution in [0.3, 0.4) is 0 Å². The molecule has 8 nitrogen and oxygen atoms in total. The number of H-pyrrole nitrogens is 1. The molecule has 2 N–H and O–H groups in total. The van der Waals surface area contributed by atoms with E-state index in [1.54, 1.807) is 19.3 Å². The van der Waals surface area contributed by atoms with Crippen molar-refractivity contribution in [3.8, 4) is 0 Å². The third-order valence-electron chi connectivity index (χ3n) is 6.26. The number of carbonyl (C=O) groups excluding carboxylic acids is 1. The normalized spacial score (nSPS) is 14.9. The first-order chi connectivity index (χ1) is 15.5. The maximum atomic E-state index is 12.4. The standard InChI is InChI=1S/C24H26N6O2/c1-25-24(32)20-6-4-17(14-26-20)30-11-9-29(10-12-30)15-16-3-5-18-21(13-16)27-23(31)19-7-8-28(2)22(18)19/h3-8,13-14H,9-12,15H2,1-2H3,(H,25,32)(H,27,31). The van der Waals surface area contributed by atoms with Crippen LogP contribution in [0, 0.1) is 0 Å². The predicted molar refractivity (Wildman–Crippen MR) is 126 cm³/mol. The summed E-state index contributed by atoms with van der Waals surface area (Å²) in [5, 5.41) is 4.38. The summed E-state index contributed by atoms with van der Waals surface area (Å²) >= 11 is 0. The van der Waals surface area contributed by atoms with E-state index in [9.17, 15) is 9.59 Å². The topological polar surface area (TPSA) is 86.3 Å². The number of anilines is 1. The van der Waals surface area contributed by atoms with Gasteiger partial charge in [0.25, 0.3) is 11.5 Å². The molecule has 0 unspecified atom stereocenters. The predicted octanol–water partition coefficient (Wildman–Crippen LogP) is 2.10. The van der Waals surface area contributed by atoms with Crippen LogP contribution in [0.15, 0.2) is 53.6 Å². The Kier molecular flexibility index (Phi) is 5.14. The molecule has 4 aromatic rings. The molecule has 0 atom stereocenters. The zero-order chi connectivity index (χ0) is 22.2. The Morgan fingerprint density at radius 2 is 1.91 bits per heavy atom. The van der Waals surface area contributed by atoms with Gasteiger partial charge in [-0.1, -0.05) is 12.1 Å². The molecule has 32 heavy (non-hydrogen) atoms. The number of aromatic amines is 1. The van der Waals surface area contributed by atoms with Gasteiger partial charge in [0.15, 0.2) is 0 Å². The van der Waals surface area contributed by atoms with Crippen molar-refractivity contribution in [2.24, 2.45) is 7.05 Å². The summed E-state index contributed by atoms with van der Waals surface area (Å²) in [7, 11) is 3.57. The number of piperazine rings is 1. The zero-order valence-electron chi connectivity index (χ0n) is 18.3. The molecule has 0 saturated carbocycles. The zero-order valence-corrected chi connectivity index (χ0v) is 18.3. The van der Waals surface area contributed by atoms with Crippen LogP contribution in [0.1, 0.15) is 16.1 Å². The summed E-state index contributed by atoms with van der Waals surface area (Å²) in [4.78, 5) is 36.1. The van der Waals surface area contributed by atoms with Crippen LogP contribution < -0.4 is 15.8 Å². The number of carbonyl (C=O) groups is 1. The molecule has 4 heterocycles. The first kappa shape index (κ1) is 20.3. The molecule has 1 aliphatic heterocycles. The molecule has 5 rings (SSSR count). The molecule has 3 aromatic heterocycles. The highest BCUT2D eigenvalue weighted by Crippen LogP contribution is 2.23. The number of fused-ring (bicyclic) bond motifs is 3. The monoisotopic (exact) mass is 430 g/mol. The number of nitrogens with one attached hydrogen (secondary N) is 2. The SMILES string of the molecule is CNC(=O)c1ccc(N2CCN(Cc3ccc4c(c3)[nH]c(=O)c3ccn(C)c34)CC2)cn1. The second-order valence-corrected chi connectivity index (χ2v) is 8.27. The van der Waals surface area contributed by atoms with Crippen LogP contribution >= 0.6 is 0 Å². The third-order valence-corrected chi connectivity index (χ3v) is 6.26. The van der Waals surface area contributed by atoms with E-state index in [1.807, 2.05) is 29.9 Å². The number of hydrogen-bond acceptors (Lipinski definition) is 5. The van der Waals surface area contributed by atoms with Gasteiger partial charge in [0.2, 0.25) is 0 Å². The average Bonchev–Trinajstić information content (AvgIpc) is 3.21. The Morgan fingerprint density at radius 3 is 2.62 bits per heavy atom. The van der Waals surface area contributed by atoms with E-state index in [0.29, 0.717) is 5.69 Å². The van der Waals surface area contributed by atoms with Crippen molar-refractivity contribution < 1.29 is 4.79 Å². The largest absolute Gasteiger partial charge is 0.368 e. The number of amides is 1. The van der Waals surface area contributed by atoms with Gasteiger partial charge in [-0.05, 0) is 29.8 Å². The highest BCUT2D eigenvalue weighted by molar-refractivity contribution is 6.03. The highest BCUT2D eigenvalue weighted by atomic mass is 16.1. The molecular weight excluding hydrogens is 404 g/mol. The number of nitrogens with zero attached hydrogens (tertiary/aromatic N) is 4. The van der Waals surface area contributed by atoms with Crippen molar-refractivity contribution >= 4 is 33.4 Å². The first-order valence-corrected chi connectivity index (χ1v) is 10.8. The summed E-state index contributed by atoms with van der Waals surface area (Å²) in [6.07, 6.45) is 3.69. The Balaban J connectivity index is 1.28. The van der Waals surface area contributed by atoms with Gasteiger partial charge in [-0.2, -0.15) is 0 Å². The molecule has 1 amide bonds. The van der Waals surface area contributed by atoms with E-state index in [1.165, 1.54) is 5.56 Å². The molecule has 0 spiro atoms. The lowest BCUT2D eigenvalue weighted by Gasteiger charge is -2.36. The van der Waals surface area contributed by atoms with Crippen molar-refractivity contribution in [1.82, 2.24) is 24.8 Å². The van der Waals surface area contributed by atoms with Crippen molar-refractivity contribution in [3.05, 3.63) is 70.4 Å². The van der Waals surface area contributed by atoms with Gasteiger partial charge >= 0.3 is 0 Å². The van der Waals surface area contributed by atoms with Gasteiger partial charge in [-0.3, -0.25) is 14.5 Å². The Labute approximate surface area is 185 Å². The summed E-state index contributed by atoms with van der Waals surface area (Å²) in [5.41, 5.74) is 4.45. The second-order valence-electron chi connectivity index (χ2n) is 8.27. The summed E-state index contributed by atoms with van der Waals surface area (Å²) in [6.45, 7) is 4.50. The molecule has 0 aliphatic carbocycles. The molecule has 1 saturated heterocycles. The van der Waals surface area contributed by atoms with E-state index in [2.05, 4.69) is 43.3 Å². The fourth-order valence-corrected chi connectivity index (χ4v) is 4.50. The van der Waals surface area contributed by atoms with Gasteiger partial charge in [-0.25, -0.2) is 4.98 Å². The van der Waals surface area contributed by atoms with E-state index in [0.717, 1.165) is 60.2 Å². The van der Waals surface area contributed by atoms with Crippen molar-refractivity contribution in [2.75, 3.05) is 38.1 Å². The minimum Gasteiger partial charge on any atom is -0.368 e. The second kappa shape index (κ2) is 8.12. The van der Waals surface area contributed by atoms with Gasteiger partial charge < -0.3 is 19.8 Å². The van der Waals surface area contributed by atoms with Crippen LogP contribution in [0.2, 0.25) is 0 Å². The van der Waals surface area contributed by atoms with Crippen LogP contribution in [0.4, 0.5) is 5.69 Å². The fourth-order valence-electron chi connectivity index (χ4n) is 4.50. The lowest BCUT2D eigenvalue weighted by atomic mass is 10.1. The number of benzene rings is 1. The van der Waals surface area contributed by atoms with Crippen LogP contribution in [0.25, 0.3) is 21.8 Å². The average molecular weight is 431 g/mol. The third kappa shape index (κ3) is 3.62. The number of aryl methyl sites for hydroxylation is 1. The maximum absolute atomic E-state index is 12.4. The number of hydrogen-bond donors (Lipinski definition) is 2.